The van der Waals surface area contributed by atoms with Crippen LogP contribution in [0, 0.1) is 0 Å². The molecule has 0 fully saturated rings. The molecule has 28 heavy (non-hydrogen) atoms. The Balaban J connectivity index is 1.36. The summed E-state index contributed by atoms with van der Waals surface area (Å²) in [7, 11) is 1.65. The standard InChI is InChI=1S/C21H18N2O2S3/c1-25-14-6-8-15(9-7-14)26-13-11-19(24)23-20-16(10-12-27-20)21-22-17-4-2-3-5-18(17)28-21/h2-10,12H,11,13H2,1H3,(H,23,24). The van der Waals surface area contributed by atoms with E-state index in [0.29, 0.717) is 6.42 Å². The van der Waals surface area contributed by atoms with Crippen LogP contribution in [0.2, 0.25) is 0 Å². The van der Waals surface area contributed by atoms with E-state index in [4.69, 9.17) is 9.72 Å². The first-order valence-corrected chi connectivity index (χ1v) is 11.4. The third-order valence-corrected chi connectivity index (χ3v) is 7.01. The van der Waals surface area contributed by atoms with Crippen molar-refractivity contribution < 1.29 is 9.53 Å². The molecule has 0 saturated carbocycles. The molecule has 2 heterocycles. The first-order chi connectivity index (χ1) is 13.7. The number of nitrogens with zero attached hydrogens (tertiary/aromatic N) is 1. The lowest BCUT2D eigenvalue weighted by atomic mass is 10.3. The number of hydrogen-bond donors (Lipinski definition) is 1. The number of ether oxygens (including phenoxy) is 1. The molecule has 0 aliphatic rings. The van der Waals surface area contributed by atoms with Crippen LogP contribution in [0.25, 0.3) is 20.8 Å². The summed E-state index contributed by atoms with van der Waals surface area (Å²) in [5, 5.41) is 6.84. The molecule has 4 nitrogen and oxygen atoms in total. The molecule has 0 saturated heterocycles. The van der Waals surface area contributed by atoms with Crippen LogP contribution < -0.4 is 10.1 Å². The minimum atomic E-state index is 0.0193. The molecule has 4 aromatic rings. The van der Waals surface area contributed by atoms with Gasteiger partial charge in [0.15, 0.2) is 0 Å². The zero-order chi connectivity index (χ0) is 19.3. The van der Waals surface area contributed by atoms with Crippen molar-refractivity contribution in [1.29, 1.82) is 0 Å². The van der Waals surface area contributed by atoms with Gasteiger partial charge in [0.05, 0.1) is 17.3 Å². The van der Waals surface area contributed by atoms with E-state index in [0.717, 1.165) is 42.2 Å². The van der Waals surface area contributed by atoms with Crippen molar-refractivity contribution in [3.63, 3.8) is 0 Å². The number of anilines is 1. The Kier molecular flexibility index (Phi) is 5.95. The molecule has 4 rings (SSSR count). The van der Waals surface area contributed by atoms with Crippen molar-refractivity contribution in [2.45, 2.75) is 11.3 Å². The maximum atomic E-state index is 12.4. The molecule has 2 aromatic heterocycles. The number of aromatic nitrogens is 1. The van der Waals surface area contributed by atoms with Crippen molar-refractivity contribution in [2.75, 3.05) is 18.2 Å². The second-order valence-corrected chi connectivity index (χ2v) is 9.09. The SMILES string of the molecule is COc1ccc(SCCC(=O)Nc2sccc2-c2nc3ccccc3s2)cc1. The molecule has 0 aliphatic heterocycles. The quantitative estimate of drug-likeness (QED) is 0.360. The number of fused-ring (bicyclic) bond motifs is 1. The highest BCUT2D eigenvalue weighted by Gasteiger charge is 2.14. The Bertz CT molecular complexity index is 1050. The molecular formula is C21H18N2O2S3. The number of hydrogen-bond acceptors (Lipinski definition) is 6. The third-order valence-electron chi connectivity index (χ3n) is 4.10. The highest BCUT2D eigenvalue weighted by atomic mass is 32.2. The maximum absolute atomic E-state index is 12.4. The van der Waals surface area contributed by atoms with Gasteiger partial charge in [-0.25, -0.2) is 4.98 Å². The second-order valence-electron chi connectivity index (χ2n) is 5.97. The van der Waals surface area contributed by atoms with Gasteiger partial charge in [0, 0.05) is 22.6 Å². The van der Waals surface area contributed by atoms with Gasteiger partial charge in [-0.15, -0.1) is 34.4 Å². The van der Waals surface area contributed by atoms with E-state index >= 15 is 0 Å². The fourth-order valence-electron chi connectivity index (χ4n) is 2.68. The van der Waals surface area contributed by atoms with Gasteiger partial charge in [-0.3, -0.25) is 4.79 Å². The molecule has 1 amide bonds. The van der Waals surface area contributed by atoms with E-state index in [1.54, 1.807) is 30.2 Å². The molecule has 0 radical (unpaired) electrons. The number of rotatable bonds is 7. The molecule has 0 aliphatic carbocycles. The number of para-hydroxylation sites is 1. The van der Waals surface area contributed by atoms with E-state index in [2.05, 4.69) is 11.4 Å². The van der Waals surface area contributed by atoms with Gasteiger partial charge in [0.2, 0.25) is 5.91 Å². The molecule has 2 aromatic carbocycles. The Morgan fingerprint density at radius 2 is 1.96 bits per heavy atom. The fraction of sp³-hybridized carbons (Fsp3) is 0.143. The van der Waals surface area contributed by atoms with Crippen LogP contribution in [0.4, 0.5) is 5.00 Å². The van der Waals surface area contributed by atoms with Crippen LogP contribution in [-0.2, 0) is 4.79 Å². The number of thioether (sulfide) groups is 1. The topological polar surface area (TPSA) is 51.2 Å². The lowest BCUT2D eigenvalue weighted by molar-refractivity contribution is -0.115. The molecule has 1 N–H and O–H groups in total. The summed E-state index contributed by atoms with van der Waals surface area (Å²) in [6, 6.07) is 18.0. The van der Waals surface area contributed by atoms with Gasteiger partial charge >= 0.3 is 0 Å². The van der Waals surface area contributed by atoms with E-state index < -0.39 is 0 Å². The minimum absolute atomic E-state index is 0.0193. The van der Waals surface area contributed by atoms with Crippen LogP contribution >= 0.6 is 34.4 Å². The first kappa shape index (κ1) is 19.0. The van der Waals surface area contributed by atoms with Crippen molar-refractivity contribution in [1.82, 2.24) is 4.98 Å². The highest BCUT2D eigenvalue weighted by Crippen LogP contribution is 2.37. The van der Waals surface area contributed by atoms with Crippen LogP contribution in [0.5, 0.6) is 5.75 Å². The maximum Gasteiger partial charge on any atom is 0.225 e. The number of carbonyl (C=O) groups excluding carboxylic acids is 1. The van der Waals surface area contributed by atoms with Crippen molar-refractivity contribution >= 4 is 55.6 Å². The number of thiophene rings is 1. The zero-order valence-corrected chi connectivity index (χ0v) is 17.6. The van der Waals surface area contributed by atoms with Gasteiger partial charge < -0.3 is 10.1 Å². The van der Waals surface area contributed by atoms with Crippen LogP contribution in [0.3, 0.4) is 0 Å². The van der Waals surface area contributed by atoms with E-state index in [1.807, 2.05) is 53.9 Å². The monoisotopic (exact) mass is 426 g/mol. The molecule has 142 valence electrons. The number of carbonyl (C=O) groups is 1. The van der Waals surface area contributed by atoms with Crippen molar-refractivity contribution in [3.8, 4) is 16.3 Å². The number of methoxy groups -OCH3 is 1. The Morgan fingerprint density at radius 1 is 1.14 bits per heavy atom. The van der Waals surface area contributed by atoms with Gasteiger partial charge in [0.25, 0.3) is 0 Å². The van der Waals surface area contributed by atoms with Gasteiger partial charge in [-0.05, 0) is 47.8 Å². The summed E-state index contributed by atoms with van der Waals surface area (Å²) in [5.41, 5.74) is 1.98. The lowest BCUT2D eigenvalue weighted by Gasteiger charge is -2.06. The van der Waals surface area contributed by atoms with Crippen LogP contribution in [0.1, 0.15) is 6.42 Å². The second kappa shape index (κ2) is 8.77. The molecule has 0 spiro atoms. The Labute approximate surface area is 175 Å². The van der Waals surface area contributed by atoms with Crippen molar-refractivity contribution in [3.05, 3.63) is 60.0 Å². The van der Waals surface area contributed by atoms with Crippen LogP contribution in [-0.4, -0.2) is 23.8 Å². The smallest absolute Gasteiger partial charge is 0.225 e. The molecule has 0 atom stereocenters. The number of benzene rings is 2. The Morgan fingerprint density at radius 3 is 2.75 bits per heavy atom. The molecule has 0 unspecified atom stereocenters. The summed E-state index contributed by atoms with van der Waals surface area (Å²) in [5.74, 6) is 1.58. The Hall–Kier alpha value is -2.35. The van der Waals surface area contributed by atoms with E-state index in [9.17, 15) is 4.79 Å². The number of amides is 1. The summed E-state index contributed by atoms with van der Waals surface area (Å²) in [6.07, 6.45) is 0.452. The largest absolute Gasteiger partial charge is 0.497 e. The zero-order valence-electron chi connectivity index (χ0n) is 15.2. The average molecular weight is 427 g/mol. The summed E-state index contributed by atoms with van der Waals surface area (Å²) >= 11 is 4.84. The van der Waals surface area contributed by atoms with E-state index in [1.165, 1.54) is 11.3 Å². The predicted molar refractivity (Wildman–Crippen MR) is 120 cm³/mol. The average Bonchev–Trinajstić information content (AvgIpc) is 3.34. The molecule has 0 bridgehead atoms. The highest BCUT2D eigenvalue weighted by molar-refractivity contribution is 7.99. The van der Waals surface area contributed by atoms with Gasteiger partial charge in [-0.2, -0.15) is 0 Å². The fourth-order valence-corrected chi connectivity index (χ4v) is 5.40. The predicted octanol–water partition coefficient (Wildman–Crippen LogP) is 6.15. The minimum Gasteiger partial charge on any atom is -0.497 e. The van der Waals surface area contributed by atoms with Crippen molar-refractivity contribution in [2.24, 2.45) is 0 Å². The summed E-state index contributed by atoms with van der Waals surface area (Å²) in [6.45, 7) is 0. The molecule has 7 heteroatoms. The number of thiazole rings is 1. The molecular weight excluding hydrogens is 408 g/mol. The van der Waals surface area contributed by atoms with Gasteiger partial charge in [0.1, 0.15) is 15.8 Å². The summed E-state index contributed by atoms with van der Waals surface area (Å²) < 4.78 is 6.31. The first-order valence-electron chi connectivity index (χ1n) is 8.73. The number of nitrogens with one attached hydrogen (secondary N) is 1. The van der Waals surface area contributed by atoms with Crippen LogP contribution in [0.15, 0.2) is 64.9 Å². The lowest BCUT2D eigenvalue weighted by Crippen LogP contribution is -2.11. The third kappa shape index (κ3) is 4.38. The van der Waals surface area contributed by atoms with E-state index in [-0.39, 0.29) is 5.91 Å². The summed E-state index contributed by atoms with van der Waals surface area (Å²) in [4.78, 5) is 18.2. The van der Waals surface area contributed by atoms with Gasteiger partial charge in [-0.1, -0.05) is 12.1 Å². The normalized spacial score (nSPS) is 10.9.